The van der Waals surface area contributed by atoms with E-state index in [2.05, 4.69) is 27.3 Å². The van der Waals surface area contributed by atoms with Gasteiger partial charge in [-0.3, -0.25) is 4.98 Å². The van der Waals surface area contributed by atoms with Crippen molar-refractivity contribution < 1.29 is 31.5 Å². The Morgan fingerprint density at radius 2 is 1.76 bits per heavy atom. The lowest BCUT2D eigenvalue weighted by atomic mass is 9.88. The van der Waals surface area contributed by atoms with E-state index in [-0.39, 0.29) is 23.6 Å². The summed E-state index contributed by atoms with van der Waals surface area (Å²) < 4.78 is 74.4. The highest BCUT2D eigenvalue weighted by atomic mass is 32.1. The fourth-order valence-electron chi connectivity index (χ4n) is 3.67. The molecule has 0 saturated carbocycles. The van der Waals surface area contributed by atoms with E-state index in [0.29, 0.717) is 5.52 Å². The van der Waals surface area contributed by atoms with E-state index < -0.39 is 46.3 Å². The second-order valence-electron chi connectivity index (χ2n) is 7.83. The van der Waals surface area contributed by atoms with Gasteiger partial charge in [0.25, 0.3) is 6.43 Å². The minimum Gasteiger partial charge on any atom is -0.465 e. The summed E-state index contributed by atoms with van der Waals surface area (Å²) in [6.45, 7) is 3.39. The molecule has 0 saturated heterocycles. The molecule has 2 heterocycles. The molecule has 1 aromatic carbocycles. The van der Waals surface area contributed by atoms with Crippen LogP contribution < -0.4 is 0 Å². The van der Waals surface area contributed by atoms with E-state index in [9.17, 15) is 26.7 Å². The highest BCUT2D eigenvalue weighted by molar-refractivity contribution is 7.80. The summed E-state index contributed by atoms with van der Waals surface area (Å²) in [4.78, 5) is 20.1. The number of para-hydroxylation sites is 1. The number of esters is 1. The maximum atomic E-state index is 14.1. The van der Waals surface area contributed by atoms with E-state index in [4.69, 9.17) is 0 Å². The van der Waals surface area contributed by atoms with Crippen LogP contribution in [0.15, 0.2) is 36.4 Å². The molecule has 3 rings (SSSR count). The summed E-state index contributed by atoms with van der Waals surface area (Å²) in [6.07, 6.45) is -8.59. The van der Waals surface area contributed by atoms with Crippen LogP contribution in [-0.2, 0) is 17.3 Å². The summed E-state index contributed by atoms with van der Waals surface area (Å²) in [5, 5.41) is -0.524. The molecule has 0 aliphatic rings. The number of pyridine rings is 2. The number of benzene rings is 1. The van der Waals surface area contributed by atoms with Gasteiger partial charge in [-0.15, -0.1) is 0 Å². The Morgan fingerprint density at radius 3 is 2.33 bits per heavy atom. The van der Waals surface area contributed by atoms with Crippen LogP contribution in [0.25, 0.3) is 10.9 Å². The van der Waals surface area contributed by atoms with Crippen molar-refractivity contribution in [1.29, 1.82) is 0 Å². The molecule has 1 unspecified atom stereocenters. The number of rotatable bonds is 6. The van der Waals surface area contributed by atoms with Gasteiger partial charge in [0, 0.05) is 10.9 Å². The molecule has 0 spiro atoms. The van der Waals surface area contributed by atoms with Crippen LogP contribution in [0.4, 0.5) is 22.0 Å². The Morgan fingerprint density at radius 1 is 1.09 bits per heavy atom. The molecule has 33 heavy (non-hydrogen) atoms. The lowest BCUT2D eigenvalue weighted by Gasteiger charge is -2.25. The first-order valence-corrected chi connectivity index (χ1v) is 10.5. The fraction of sp³-hybridized carbons (Fsp3) is 0.348. The van der Waals surface area contributed by atoms with Crippen molar-refractivity contribution in [3.63, 3.8) is 0 Å². The van der Waals surface area contributed by atoms with Crippen molar-refractivity contribution >= 4 is 29.5 Å². The fourth-order valence-corrected chi connectivity index (χ4v) is 4.09. The normalized spacial score (nSPS) is 13.1. The van der Waals surface area contributed by atoms with Crippen molar-refractivity contribution in [3.8, 4) is 0 Å². The van der Waals surface area contributed by atoms with Crippen molar-refractivity contribution in [3.05, 3.63) is 70.2 Å². The molecule has 0 radical (unpaired) electrons. The van der Waals surface area contributed by atoms with Gasteiger partial charge >= 0.3 is 12.1 Å². The molecule has 10 heteroatoms. The van der Waals surface area contributed by atoms with Crippen LogP contribution in [0.1, 0.15) is 64.1 Å². The third kappa shape index (κ3) is 5.10. The maximum Gasteiger partial charge on any atom is 0.433 e. The summed E-state index contributed by atoms with van der Waals surface area (Å²) in [7, 11) is 0.969. The van der Waals surface area contributed by atoms with Gasteiger partial charge in [-0.05, 0) is 30.0 Å². The lowest BCUT2D eigenvalue weighted by Crippen LogP contribution is -2.23. The zero-order valence-corrected chi connectivity index (χ0v) is 18.8. The molecule has 176 valence electrons. The van der Waals surface area contributed by atoms with Crippen LogP contribution in [0.2, 0.25) is 0 Å². The Kier molecular flexibility index (Phi) is 7.26. The lowest BCUT2D eigenvalue weighted by molar-refractivity contribution is -0.142. The Bertz CT molecular complexity index is 1180. The first kappa shape index (κ1) is 24.9. The van der Waals surface area contributed by atoms with Crippen molar-refractivity contribution in [2.45, 2.75) is 38.1 Å². The summed E-state index contributed by atoms with van der Waals surface area (Å²) >= 11 is 4.42. The van der Waals surface area contributed by atoms with E-state index in [0.717, 1.165) is 12.5 Å². The molecular formula is C23H21F5N2O2S. The Balaban J connectivity index is 2.40. The molecule has 2 aromatic heterocycles. The largest absolute Gasteiger partial charge is 0.465 e. The quantitative estimate of drug-likeness (QED) is 0.244. The number of ether oxygens (including phenoxy) is 1. The summed E-state index contributed by atoms with van der Waals surface area (Å²) in [5.74, 6) is -1.46. The predicted octanol–water partition coefficient (Wildman–Crippen LogP) is 6.59. The number of alkyl halides is 5. The molecular weight excluding hydrogens is 463 g/mol. The molecule has 3 aromatic rings. The van der Waals surface area contributed by atoms with Gasteiger partial charge in [-0.1, -0.05) is 38.1 Å². The van der Waals surface area contributed by atoms with Gasteiger partial charge in [0.05, 0.1) is 29.1 Å². The van der Waals surface area contributed by atoms with Crippen molar-refractivity contribution in [2.75, 3.05) is 7.11 Å². The average molecular weight is 484 g/mol. The zero-order valence-electron chi connectivity index (χ0n) is 18.0. The second kappa shape index (κ2) is 9.62. The van der Waals surface area contributed by atoms with Gasteiger partial charge in [0.1, 0.15) is 11.4 Å². The number of methoxy groups -OCH3 is 1. The van der Waals surface area contributed by atoms with Crippen LogP contribution in [0, 0.1) is 5.92 Å². The third-order valence-corrected chi connectivity index (χ3v) is 5.54. The Hall–Kier alpha value is -2.75. The zero-order chi connectivity index (χ0) is 24.5. The first-order valence-electron chi connectivity index (χ1n) is 9.99. The number of hydrogen-bond acceptors (Lipinski definition) is 5. The first-order chi connectivity index (χ1) is 15.5. The summed E-state index contributed by atoms with van der Waals surface area (Å²) in [6, 6.07) is 10.2. The van der Waals surface area contributed by atoms with Crippen LogP contribution >= 0.6 is 12.6 Å². The van der Waals surface area contributed by atoms with E-state index in [1.165, 1.54) is 6.07 Å². The molecule has 0 amide bonds. The number of hydrogen-bond donors (Lipinski definition) is 1. The molecule has 0 aliphatic carbocycles. The van der Waals surface area contributed by atoms with Crippen molar-refractivity contribution in [2.24, 2.45) is 5.92 Å². The molecule has 0 fully saturated rings. The van der Waals surface area contributed by atoms with E-state index in [1.807, 2.05) is 0 Å². The Labute approximate surface area is 192 Å². The number of thiol groups is 1. The highest BCUT2D eigenvalue weighted by Gasteiger charge is 2.42. The van der Waals surface area contributed by atoms with Crippen LogP contribution in [0.3, 0.4) is 0 Å². The minimum absolute atomic E-state index is 0.101. The number of fused-ring (bicyclic) bond motifs is 1. The number of carbonyl (C=O) groups is 1. The molecule has 1 atom stereocenters. The third-order valence-electron chi connectivity index (χ3n) is 5.02. The van der Waals surface area contributed by atoms with Gasteiger partial charge in [-0.2, -0.15) is 25.8 Å². The monoisotopic (exact) mass is 484 g/mol. The summed E-state index contributed by atoms with van der Waals surface area (Å²) in [5.41, 5.74) is -3.45. The SMILES string of the molecule is COC(=O)c1c(C(F)F)nc(C(F)(F)F)c(C(S)c2ccc3ccccc3n2)c1CC(C)C. The molecule has 0 N–H and O–H groups in total. The van der Waals surface area contributed by atoms with Gasteiger partial charge in [0.15, 0.2) is 0 Å². The van der Waals surface area contributed by atoms with Gasteiger partial charge < -0.3 is 4.74 Å². The molecule has 0 bridgehead atoms. The smallest absolute Gasteiger partial charge is 0.433 e. The number of halogens is 5. The highest BCUT2D eigenvalue weighted by Crippen LogP contribution is 2.43. The number of aromatic nitrogens is 2. The average Bonchev–Trinajstić information content (AvgIpc) is 2.75. The van der Waals surface area contributed by atoms with E-state index in [1.54, 1.807) is 44.2 Å². The predicted molar refractivity (Wildman–Crippen MR) is 117 cm³/mol. The molecule has 4 nitrogen and oxygen atoms in total. The van der Waals surface area contributed by atoms with Crippen LogP contribution in [-0.4, -0.2) is 23.0 Å². The van der Waals surface area contributed by atoms with Crippen LogP contribution in [0.5, 0.6) is 0 Å². The minimum atomic E-state index is -5.07. The second-order valence-corrected chi connectivity index (χ2v) is 8.35. The van der Waals surface area contributed by atoms with E-state index >= 15 is 0 Å². The van der Waals surface area contributed by atoms with Crippen molar-refractivity contribution in [1.82, 2.24) is 9.97 Å². The standard InChI is InChI=1S/C23H21F5N2O2S/c1-11(2)10-13-16(22(31)32-3)18(21(24)25)30-20(23(26,27)28)17(13)19(33)15-9-8-12-6-4-5-7-14(12)29-15/h4-9,11,19,21,33H,10H2,1-3H3. The molecule has 0 aliphatic heterocycles. The maximum absolute atomic E-state index is 14.1. The van der Waals surface area contributed by atoms with Gasteiger partial charge in [-0.25, -0.2) is 18.6 Å². The topological polar surface area (TPSA) is 52.1 Å². The number of nitrogens with zero attached hydrogens (tertiary/aromatic N) is 2. The van der Waals surface area contributed by atoms with Gasteiger partial charge in [0.2, 0.25) is 0 Å². The number of carbonyl (C=O) groups excluding carboxylic acids is 1.